The molecule has 1 heterocycles. The number of amides is 1. The van der Waals surface area contributed by atoms with Crippen LogP contribution in [0.4, 0.5) is 0 Å². The fraction of sp³-hybridized carbons (Fsp3) is 0.846. The fourth-order valence-electron chi connectivity index (χ4n) is 2.52. The molecule has 1 fully saturated rings. The van der Waals surface area contributed by atoms with Crippen molar-refractivity contribution >= 4 is 11.9 Å². The molecule has 0 bridgehead atoms. The SMILES string of the molecule is COC(=O)C1CCC(=O)N1C(C)CC(C)(C)OC. The van der Waals surface area contributed by atoms with Crippen LogP contribution >= 0.6 is 0 Å². The molecule has 0 aromatic rings. The summed E-state index contributed by atoms with van der Waals surface area (Å²) in [5, 5.41) is 0. The molecule has 1 aliphatic heterocycles. The van der Waals surface area contributed by atoms with Crippen LogP contribution in [-0.4, -0.2) is 48.7 Å². The first-order chi connectivity index (χ1) is 8.32. The second-order valence-corrected chi connectivity index (χ2v) is 5.40. The van der Waals surface area contributed by atoms with Gasteiger partial charge >= 0.3 is 5.97 Å². The first-order valence-corrected chi connectivity index (χ1v) is 6.26. The summed E-state index contributed by atoms with van der Waals surface area (Å²) in [7, 11) is 3.00. The number of esters is 1. The van der Waals surface area contributed by atoms with E-state index in [9.17, 15) is 9.59 Å². The van der Waals surface area contributed by atoms with Crippen LogP contribution in [0.2, 0.25) is 0 Å². The maximum atomic E-state index is 11.9. The lowest BCUT2D eigenvalue weighted by Crippen LogP contribution is -2.47. The van der Waals surface area contributed by atoms with Crippen LogP contribution in [0.1, 0.15) is 40.0 Å². The van der Waals surface area contributed by atoms with Crippen LogP contribution in [0.5, 0.6) is 0 Å². The molecule has 1 amide bonds. The molecule has 0 N–H and O–H groups in total. The third kappa shape index (κ3) is 3.22. The van der Waals surface area contributed by atoms with Crippen molar-refractivity contribution in [2.75, 3.05) is 14.2 Å². The molecule has 1 saturated heterocycles. The minimum absolute atomic E-state index is 0.0183. The van der Waals surface area contributed by atoms with E-state index in [1.807, 2.05) is 20.8 Å². The molecule has 2 atom stereocenters. The van der Waals surface area contributed by atoms with E-state index in [2.05, 4.69) is 0 Å². The molecule has 5 nitrogen and oxygen atoms in total. The average Bonchev–Trinajstić information content (AvgIpc) is 2.69. The van der Waals surface area contributed by atoms with Crippen LogP contribution in [-0.2, 0) is 19.1 Å². The van der Waals surface area contributed by atoms with Crippen molar-refractivity contribution in [2.24, 2.45) is 0 Å². The van der Waals surface area contributed by atoms with Gasteiger partial charge in [0.1, 0.15) is 6.04 Å². The Hall–Kier alpha value is -1.10. The number of carbonyl (C=O) groups is 2. The quantitative estimate of drug-likeness (QED) is 0.698. The van der Waals surface area contributed by atoms with Crippen molar-refractivity contribution in [3.05, 3.63) is 0 Å². The Morgan fingerprint density at radius 2 is 2.11 bits per heavy atom. The molecule has 0 aromatic heterocycles. The lowest BCUT2D eigenvalue weighted by molar-refractivity contribution is -0.151. The Morgan fingerprint density at radius 1 is 1.50 bits per heavy atom. The number of hydrogen-bond acceptors (Lipinski definition) is 4. The van der Waals surface area contributed by atoms with Crippen molar-refractivity contribution in [3.63, 3.8) is 0 Å². The van der Waals surface area contributed by atoms with Gasteiger partial charge in [-0.05, 0) is 33.6 Å². The summed E-state index contributed by atoms with van der Waals surface area (Å²) in [4.78, 5) is 25.2. The normalized spacial score (nSPS) is 22.2. The summed E-state index contributed by atoms with van der Waals surface area (Å²) in [6, 6.07) is -0.482. The Balaban J connectivity index is 2.77. The van der Waals surface area contributed by atoms with Gasteiger partial charge in [0.25, 0.3) is 0 Å². The summed E-state index contributed by atoms with van der Waals surface area (Å²) < 4.78 is 10.1. The molecule has 0 saturated carbocycles. The molecule has 0 aromatic carbocycles. The van der Waals surface area contributed by atoms with Crippen LogP contribution in [0.15, 0.2) is 0 Å². The van der Waals surface area contributed by atoms with E-state index in [1.54, 1.807) is 12.0 Å². The average molecular weight is 257 g/mol. The molecular formula is C13H23NO4. The zero-order valence-corrected chi connectivity index (χ0v) is 11.9. The first kappa shape index (κ1) is 15.0. The summed E-state index contributed by atoms with van der Waals surface area (Å²) in [5.74, 6) is -0.312. The largest absolute Gasteiger partial charge is 0.467 e. The Morgan fingerprint density at radius 3 is 2.61 bits per heavy atom. The number of ether oxygens (including phenoxy) is 2. The summed E-state index contributed by atoms with van der Waals surface area (Å²) in [5.41, 5.74) is -0.317. The first-order valence-electron chi connectivity index (χ1n) is 6.26. The molecule has 1 aliphatic rings. The lowest BCUT2D eigenvalue weighted by Gasteiger charge is -2.34. The molecular weight excluding hydrogens is 234 g/mol. The van der Waals surface area contributed by atoms with Gasteiger partial charge < -0.3 is 14.4 Å². The van der Waals surface area contributed by atoms with Crippen LogP contribution < -0.4 is 0 Å². The Bertz CT molecular complexity index is 327. The van der Waals surface area contributed by atoms with Crippen LogP contribution in [0.3, 0.4) is 0 Å². The van der Waals surface area contributed by atoms with Gasteiger partial charge in [0, 0.05) is 19.6 Å². The number of nitrogens with zero attached hydrogens (tertiary/aromatic N) is 1. The maximum Gasteiger partial charge on any atom is 0.328 e. The summed E-state index contributed by atoms with van der Waals surface area (Å²) in [6.45, 7) is 5.88. The third-order valence-corrected chi connectivity index (χ3v) is 3.54. The molecule has 2 unspecified atom stereocenters. The van der Waals surface area contributed by atoms with E-state index in [-0.39, 0.29) is 23.5 Å². The highest BCUT2D eigenvalue weighted by atomic mass is 16.5. The highest BCUT2D eigenvalue weighted by Gasteiger charge is 2.40. The second kappa shape index (κ2) is 5.69. The van der Waals surface area contributed by atoms with Gasteiger partial charge in [-0.1, -0.05) is 0 Å². The number of hydrogen-bond donors (Lipinski definition) is 0. The minimum Gasteiger partial charge on any atom is -0.467 e. The van der Waals surface area contributed by atoms with Crippen molar-refractivity contribution < 1.29 is 19.1 Å². The van der Waals surface area contributed by atoms with Crippen LogP contribution in [0, 0.1) is 0 Å². The van der Waals surface area contributed by atoms with Gasteiger partial charge in [-0.25, -0.2) is 4.79 Å². The molecule has 1 rings (SSSR count). The topological polar surface area (TPSA) is 55.8 Å². The third-order valence-electron chi connectivity index (χ3n) is 3.54. The van der Waals surface area contributed by atoms with Gasteiger partial charge in [-0.2, -0.15) is 0 Å². The van der Waals surface area contributed by atoms with Crippen molar-refractivity contribution in [3.8, 4) is 0 Å². The van der Waals surface area contributed by atoms with Gasteiger partial charge in [0.05, 0.1) is 12.7 Å². The standard InChI is InChI=1S/C13H23NO4/c1-9(8-13(2,3)18-5)14-10(12(16)17-4)6-7-11(14)15/h9-10H,6-8H2,1-5H3. The zero-order valence-electron chi connectivity index (χ0n) is 11.9. The molecule has 18 heavy (non-hydrogen) atoms. The number of rotatable bonds is 5. The van der Waals surface area contributed by atoms with E-state index in [0.717, 1.165) is 0 Å². The van der Waals surface area contributed by atoms with E-state index in [1.165, 1.54) is 7.11 Å². The summed E-state index contributed by atoms with van der Waals surface area (Å²) in [6.07, 6.45) is 1.64. The maximum absolute atomic E-state index is 11.9. The smallest absolute Gasteiger partial charge is 0.328 e. The highest BCUT2D eigenvalue weighted by Crippen LogP contribution is 2.27. The minimum atomic E-state index is -0.440. The number of likely N-dealkylation sites (tertiary alicyclic amines) is 1. The monoisotopic (exact) mass is 257 g/mol. The van der Waals surface area contributed by atoms with Crippen LogP contribution in [0.25, 0.3) is 0 Å². The Kier molecular flexibility index (Phi) is 4.73. The van der Waals surface area contributed by atoms with E-state index >= 15 is 0 Å². The summed E-state index contributed by atoms with van der Waals surface area (Å²) >= 11 is 0. The molecule has 0 radical (unpaired) electrons. The number of methoxy groups -OCH3 is 2. The fourth-order valence-corrected chi connectivity index (χ4v) is 2.52. The van der Waals surface area contributed by atoms with Crippen molar-refractivity contribution in [2.45, 2.75) is 57.7 Å². The molecule has 104 valence electrons. The predicted molar refractivity (Wildman–Crippen MR) is 67.1 cm³/mol. The van der Waals surface area contributed by atoms with Crippen molar-refractivity contribution in [1.29, 1.82) is 0 Å². The predicted octanol–water partition coefficient (Wildman–Crippen LogP) is 1.35. The zero-order chi connectivity index (χ0) is 13.9. The van der Waals surface area contributed by atoms with Gasteiger partial charge in [-0.15, -0.1) is 0 Å². The lowest BCUT2D eigenvalue weighted by atomic mass is 9.98. The number of carbonyl (C=O) groups excluding carboxylic acids is 2. The molecule has 0 aliphatic carbocycles. The molecule has 5 heteroatoms. The van der Waals surface area contributed by atoms with Crippen molar-refractivity contribution in [1.82, 2.24) is 4.90 Å². The van der Waals surface area contributed by atoms with E-state index < -0.39 is 6.04 Å². The van der Waals surface area contributed by atoms with Gasteiger partial charge in [0.15, 0.2) is 0 Å². The van der Waals surface area contributed by atoms with Gasteiger partial charge in [-0.3, -0.25) is 4.79 Å². The highest BCUT2D eigenvalue weighted by molar-refractivity contribution is 5.88. The van der Waals surface area contributed by atoms with Gasteiger partial charge in [0.2, 0.25) is 5.91 Å². The van der Waals surface area contributed by atoms with E-state index in [0.29, 0.717) is 19.3 Å². The molecule has 0 spiro atoms. The Labute approximate surface area is 108 Å². The second-order valence-electron chi connectivity index (χ2n) is 5.40. The van der Waals surface area contributed by atoms with E-state index in [4.69, 9.17) is 9.47 Å².